The number of nitrogens with zero attached hydrogens (tertiary/aromatic N) is 1. The summed E-state index contributed by atoms with van der Waals surface area (Å²) >= 11 is 0. The van der Waals surface area contributed by atoms with Crippen LogP contribution in [0.1, 0.15) is 12.8 Å². The van der Waals surface area contributed by atoms with E-state index in [9.17, 15) is 0 Å². The summed E-state index contributed by atoms with van der Waals surface area (Å²) in [5.41, 5.74) is 0. The van der Waals surface area contributed by atoms with Crippen molar-refractivity contribution in [3.8, 4) is 0 Å². The molecule has 0 aromatic carbocycles. The molecule has 0 amide bonds. The summed E-state index contributed by atoms with van der Waals surface area (Å²) in [6.45, 7) is 3.32. The number of aliphatic imine (C=N–C) groups is 1. The van der Waals surface area contributed by atoms with Crippen LogP contribution >= 0.6 is 0 Å². The molecule has 0 aliphatic carbocycles. The van der Waals surface area contributed by atoms with Crippen molar-refractivity contribution in [3.63, 3.8) is 0 Å². The van der Waals surface area contributed by atoms with E-state index >= 15 is 0 Å². The van der Waals surface area contributed by atoms with Gasteiger partial charge in [0.2, 0.25) is 0 Å². The van der Waals surface area contributed by atoms with Gasteiger partial charge >= 0.3 is 0 Å². The number of ether oxygens (including phenoxy) is 2. The second kappa shape index (κ2) is 3.22. The Balaban J connectivity index is 1.92. The molecule has 1 saturated heterocycles. The first-order valence-electron chi connectivity index (χ1n) is 4.22. The van der Waals surface area contributed by atoms with Crippen molar-refractivity contribution in [2.45, 2.75) is 12.8 Å². The first-order valence-corrected chi connectivity index (χ1v) is 4.22. The molecule has 2 rings (SSSR count). The maximum Gasteiger partial charge on any atom is 0.188 e. The molecular formula is C8H13NO2. The Kier molecular flexibility index (Phi) is 2.08. The van der Waals surface area contributed by atoms with E-state index in [1.807, 2.05) is 0 Å². The summed E-state index contributed by atoms with van der Waals surface area (Å²) < 4.78 is 10.7. The van der Waals surface area contributed by atoms with E-state index in [1.165, 1.54) is 6.42 Å². The Morgan fingerprint density at radius 2 is 2.36 bits per heavy atom. The minimum absolute atomic E-state index is 0.450. The zero-order valence-electron chi connectivity index (χ0n) is 6.58. The Bertz CT molecular complexity index is 161. The standard InChI is InChI=1S/C8H13NO2/c1-2-7(6-10-4-1)8-9-3-5-11-8/h7H,1-6H2. The summed E-state index contributed by atoms with van der Waals surface area (Å²) in [7, 11) is 0. The third kappa shape index (κ3) is 1.53. The lowest BCUT2D eigenvalue weighted by molar-refractivity contribution is 0.0698. The van der Waals surface area contributed by atoms with Gasteiger partial charge in [-0.3, -0.25) is 4.99 Å². The van der Waals surface area contributed by atoms with Crippen LogP contribution in [0.3, 0.4) is 0 Å². The molecule has 0 aromatic rings. The molecule has 2 aliphatic rings. The van der Waals surface area contributed by atoms with Crippen molar-refractivity contribution in [1.29, 1.82) is 0 Å². The molecule has 0 saturated carbocycles. The minimum atomic E-state index is 0.450. The highest BCUT2D eigenvalue weighted by molar-refractivity contribution is 5.80. The maximum atomic E-state index is 5.36. The SMILES string of the molecule is C1COCC(C2=NCCO2)C1. The van der Waals surface area contributed by atoms with Gasteiger partial charge in [-0.2, -0.15) is 0 Å². The molecule has 3 heteroatoms. The second-order valence-corrected chi connectivity index (χ2v) is 2.98. The molecule has 0 bridgehead atoms. The molecular weight excluding hydrogens is 142 g/mol. The number of rotatable bonds is 1. The van der Waals surface area contributed by atoms with Crippen molar-refractivity contribution in [3.05, 3.63) is 0 Å². The second-order valence-electron chi connectivity index (χ2n) is 2.98. The zero-order chi connectivity index (χ0) is 7.52. The predicted octanol–water partition coefficient (Wildman–Crippen LogP) is 0.842. The molecule has 1 atom stereocenters. The zero-order valence-corrected chi connectivity index (χ0v) is 6.58. The normalized spacial score (nSPS) is 31.3. The van der Waals surface area contributed by atoms with E-state index < -0.39 is 0 Å². The quantitative estimate of drug-likeness (QED) is 0.562. The number of hydrogen-bond donors (Lipinski definition) is 0. The van der Waals surface area contributed by atoms with Crippen molar-refractivity contribution >= 4 is 5.90 Å². The summed E-state index contributed by atoms with van der Waals surface area (Å²) in [5, 5.41) is 0. The fraction of sp³-hybridized carbons (Fsp3) is 0.875. The molecule has 11 heavy (non-hydrogen) atoms. The summed E-state index contributed by atoms with van der Waals surface area (Å²) in [6.07, 6.45) is 2.33. The Morgan fingerprint density at radius 1 is 1.36 bits per heavy atom. The van der Waals surface area contributed by atoms with Crippen molar-refractivity contribution in [1.82, 2.24) is 0 Å². The summed E-state index contributed by atoms with van der Waals surface area (Å²) in [6, 6.07) is 0. The van der Waals surface area contributed by atoms with E-state index in [0.717, 1.165) is 38.7 Å². The van der Waals surface area contributed by atoms with Gasteiger partial charge in [0.05, 0.1) is 19.1 Å². The lowest BCUT2D eigenvalue weighted by Crippen LogP contribution is -2.25. The van der Waals surface area contributed by atoms with Crippen LogP contribution in [0.4, 0.5) is 0 Å². The van der Waals surface area contributed by atoms with Gasteiger partial charge in [0.15, 0.2) is 5.90 Å². The highest BCUT2D eigenvalue weighted by atomic mass is 16.5. The molecule has 0 aromatic heterocycles. The van der Waals surface area contributed by atoms with Gasteiger partial charge in [0.1, 0.15) is 6.61 Å². The lowest BCUT2D eigenvalue weighted by atomic mass is 10.0. The van der Waals surface area contributed by atoms with Crippen LogP contribution < -0.4 is 0 Å². The fourth-order valence-electron chi connectivity index (χ4n) is 1.53. The Labute approximate surface area is 66.4 Å². The van der Waals surface area contributed by atoms with Crippen molar-refractivity contribution in [2.24, 2.45) is 10.9 Å². The van der Waals surface area contributed by atoms with Gasteiger partial charge in [0, 0.05) is 6.61 Å². The molecule has 2 heterocycles. The van der Waals surface area contributed by atoms with E-state index in [0.29, 0.717) is 5.92 Å². The third-order valence-electron chi connectivity index (χ3n) is 2.12. The molecule has 2 aliphatic heterocycles. The van der Waals surface area contributed by atoms with Gasteiger partial charge in [0.25, 0.3) is 0 Å². The molecule has 0 radical (unpaired) electrons. The molecule has 1 fully saturated rings. The molecule has 62 valence electrons. The lowest BCUT2D eigenvalue weighted by Gasteiger charge is -2.20. The molecule has 3 nitrogen and oxygen atoms in total. The summed E-state index contributed by atoms with van der Waals surface area (Å²) in [4.78, 5) is 4.27. The monoisotopic (exact) mass is 155 g/mol. The van der Waals surface area contributed by atoms with Crippen molar-refractivity contribution in [2.75, 3.05) is 26.4 Å². The smallest absolute Gasteiger partial charge is 0.188 e. The van der Waals surface area contributed by atoms with Crippen LogP contribution in [-0.2, 0) is 9.47 Å². The Hall–Kier alpha value is -0.570. The third-order valence-corrected chi connectivity index (χ3v) is 2.12. The average molecular weight is 155 g/mol. The van der Waals surface area contributed by atoms with Gasteiger partial charge in [-0.25, -0.2) is 0 Å². The maximum absolute atomic E-state index is 5.36. The summed E-state index contributed by atoms with van der Waals surface area (Å²) in [5.74, 6) is 1.39. The van der Waals surface area contributed by atoms with E-state index in [2.05, 4.69) is 4.99 Å². The average Bonchev–Trinajstić information content (AvgIpc) is 2.58. The van der Waals surface area contributed by atoms with Gasteiger partial charge in [-0.1, -0.05) is 0 Å². The van der Waals surface area contributed by atoms with Crippen LogP contribution in [0.2, 0.25) is 0 Å². The first-order chi connectivity index (χ1) is 5.47. The fourth-order valence-corrected chi connectivity index (χ4v) is 1.53. The highest BCUT2D eigenvalue weighted by Gasteiger charge is 2.23. The molecule has 1 unspecified atom stereocenters. The predicted molar refractivity (Wildman–Crippen MR) is 41.8 cm³/mol. The highest BCUT2D eigenvalue weighted by Crippen LogP contribution is 2.17. The molecule has 0 spiro atoms. The van der Waals surface area contributed by atoms with Crippen LogP contribution in [0.5, 0.6) is 0 Å². The molecule has 0 N–H and O–H groups in total. The van der Waals surface area contributed by atoms with E-state index in [4.69, 9.17) is 9.47 Å². The van der Waals surface area contributed by atoms with E-state index in [-0.39, 0.29) is 0 Å². The van der Waals surface area contributed by atoms with Gasteiger partial charge < -0.3 is 9.47 Å². The minimum Gasteiger partial charge on any atom is -0.479 e. The number of hydrogen-bond acceptors (Lipinski definition) is 3. The van der Waals surface area contributed by atoms with Gasteiger partial charge in [-0.15, -0.1) is 0 Å². The van der Waals surface area contributed by atoms with Crippen LogP contribution in [0.25, 0.3) is 0 Å². The first kappa shape index (κ1) is 7.10. The van der Waals surface area contributed by atoms with Gasteiger partial charge in [-0.05, 0) is 12.8 Å². The van der Waals surface area contributed by atoms with Crippen molar-refractivity contribution < 1.29 is 9.47 Å². The van der Waals surface area contributed by atoms with Crippen LogP contribution in [0, 0.1) is 5.92 Å². The topological polar surface area (TPSA) is 30.8 Å². The largest absolute Gasteiger partial charge is 0.479 e. The van der Waals surface area contributed by atoms with Crippen LogP contribution in [0.15, 0.2) is 4.99 Å². The van der Waals surface area contributed by atoms with Crippen LogP contribution in [-0.4, -0.2) is 32.3 Å². The Morgan fingerprint density at radius 3 is 3.00 bits per heavy atom. The van der Waals surface area contributed by atoms with E-state index in [1.54, 1.807) is 0 Å².